The monoisotopic (exact) mass is 402 g/mol. The van der Waals surface area contributed by atoms with E-state index in [1.807, 2.05) is 54.6 Å². The van der Waals surface area contributed by atoms with Crippen LogP contribution in [0.15, 0.2) is 72.9 Å². The second kappa shape index (κ2) is 10.0. The van der Waals surface area contributed by atoms with Gasteiger partial charge in [0.25, 0.3) is 5.91 Å². The van der Waals surface area contributed by atoms with Gasteiger partial charge in [-0.1, -0.05) is 42.5 Å². The Morgan fingerprint density at radius 3 is 2.40 bits per heavy atom. The molecule has 1 amide bonds. The van der Waals surface area contributed by atoms with Crippen LogP contribution >= 0.6 is 0 Å². The molecule has 3 rings (SSSR count). The molecule has 0 spiro atoms. The maximum absolute atomic E-state index is 13.1. The number of aromatic nitrogens is 1. The standard InChI is InChI=1S/C24H22N2O4/c1-3-30-24(28)19-13-14-25-22(16-19)26-23(27)21(18-7-5-4-6-8-18)15-17-9-11-20(29-2)12-10-17/h4-16H,3H2,1-2H3,(H,25,26,27)/b21-15+. The molecule has 0 aliphatic rings. The first-order valence-electron chi connectivity index (χ1n) is 9.46. The lowest BCUT2D eigenvalue weighted by Gasteiger charge is -2.10. The average molecular weight is 402 g/mol. The summed E-state index contributed by atoms with van der Waals surface area (Å²) in [6, 6.07) is 19.8. The molecule has 0 unspecified atom stereocenters. The highest BCUT2D eigenvalue weighted by Gasteiger charge is 2.15. The van der Waals surface area contributed by atoms with Crippen molar-refractivity contribution in [3.8, 4) is 5.75 Å². The number of esters is 1. The first kappa shape index (κ1) is 20.8. The van der Waals surface area contributed by atoms with Crippen LogP contribution in [-0.2, 0) is 9.53 Å². The molecule has 0 fully saturated rings. The van der Waals surface area contributed by atoms with E-state index in [4.69, 9.17) is 9.47 Å². The predicted octanol–water partition coefficient (Wildman–Crippen LogP) is 4.45. The van der Waals surface area contributed by atoms with Gasteiger partial charge in [-0.15, -0.1) is 0 Å². The first-order valence-corrected chi connectivity index (χ1v) is 9.46. The number of nitrogens with one attached hydrogen (secondary N) is 1. The molecular formula is C24H22N2O4. The van der Waals surface area contributed by atoms with Gasteiger partial charge in [0.1, 0.15) is 11.6 Å². The molecule has 0 bridgehead atoms. The van der Waals surface area contributed by atoms with E-state index in [1.54, 1.807) is 26.2 Å². The summed E-state index contributed by atoms with van der Waals surface area (Å²) in [6.07, 6.45) is 3.25. The Hall–Kier alpha value is -3.93. The molecule has 0 saturated carbocycles. The van der Waals surface area contributed by atoms with Gasteiger partial charge < -0.3 is 14.8 Å². The summed E-state index contributed by atoms with van der Waals surface area (Å²) in [6.45, 7) is 2.00. The minimum Gasteiger partial charge on any atom is -0.497 e. The summed E-state index contributed by atoms with van der Waals surface area (Å²) in [4.78, 5) is 29.2. The highest BCUT2D eigenvalue weighted by Crippen LogP contribution is 2.22. The number of rotatable bonds is 7. The molecule has 0 aliphatic heterocycles. The SMILES string of the molecule is CCOC(=O)c1ccnc(NC(=O)/C(=C/c2ccc(OC)cc2)c2ccccc2)c1. The molecular weight excluding hydrogens is 380 g/mol. The summed E-state index contributed by atoms with van der Waals surface area (Å²) in [5.74, 6) is 0.193. The zero-order chi connectivity index (χ0) is 21.3. The lowest BCUT2D eigenvalue weighted by Crippen LogP contribution is -2.15. The van der Waals surface area contributed by atoms with Gasteiger partial charge in [-0.3, -0.25) is 4.79 Å². The van der Waals surface area contributed by atoms with Crippen LogP contribution in [0, 0.1) is 0 Å². The average Bonchev–Trinajstić information content (AvgIpc) is 2.78. The number of benzene rings is 2. The summed E-state index contributed by atoms with van der Waals surface area (Å²) in [5.41, 5.74) is 2.39. The zero-order valence-electron chi connectivity index (χ0n) is 16.8. The van der Waals surface area contributed by atoms with Crippen LogP contribution in [0.1, 0.15) is 28.4 Å². The summed E-state index contributed by atoms with van der Waals surface area (Å²) in [5, 5.41) is 2.77. The van der Waals surface area contributed by atoms with Crippen molar-refractivity contribution in [1.29, 1.82) is 0 Å². The van der Waals surface area contributed by atoms with Gasteiger partial charge in [0.15, 0.2) is 0 Å². The molecule has 3 aromatic rings. The fourth-order valence-electron chi connectivity index (χ4n) is 2.79. The second-order valence-corrected chi connectivity index (χ2v) is 6.30. The van der Waals surface area contributed by atoms with Gasteiger partial charge in [-0.05, 0) is 48.4 Å². The third-order valence-electron chi connectivity index (χ3n) is 4.27. The van der Waals surface area contributed by atoms with E-state index in [0.717, 1.165) is 16.9 Å². The lowest BCUT2D eigenvalue weighted by atomic mass is 10.0. The molecule has 0 atom stereocenters. The Morgan fingerprint density at radius 2 is 1.73 bits per heavy atom. The number of hydrogen-bond acceptors (Lipinski definition) is 5. The van der Waals surface area contributed by atoms with E-state index in [9.17, 15) is 9.59 Å². The van der Waals surface area contributed by atoms with Crippen molar-refractivity contribution < 1.29 is 19.1 Å². The van der Waals surface area contributed by atoms with E-state index in [1.165, 1.54) is 12.3 Å². The van der Waals surface area contributed by atoms with Crippen molar-refractivity contribution >= 4 is 29.3 Å². The second-order valence-electron chi connectivity index (χ2n) is 6.30. The van der Waals surface area contributed by atoms with Crippen molar-refractivity contribution in [2.75, 3.05) is 19.0 Å². The number of pyridine rings is 1. The molecule has 2 aromatic carbocycles. The minimum absolute atomic E-state index is 0.266. The van der Waals surface area contributed by atoms with Crippen LogP contribution in [0.2, 0.25) is 0 Å². The number of anilines is 1. The fraction of sp³-hybridized carbons (Fsp3) is 0.125. The van der Waals surface area contributed by atoms with E-state index in [-0.39, 0.29) is 18.3 Å². The van der Waals surface area contributed by atoms with Crippen molar-refractivity contribution in [2.45, 2.75) is 6.92 Å². The van der Waals surface area contributed by atoms with Gasteiger partial charge in [0.2, 0.25) is 0 Å². The van der Waals surface area contributed by atoms with E-state index in [2.05, 4.69) is 10.3 Å². The number of methoxy groups -OCH3 is 1. The third-order valence-corrected chi connectivity index (χ3v) is 4.27. The van der Waals surface area contributed by atoms with Crippen molar-refractivity contribution in [3.05, 3.63) is 89.6 Å². The van der Waals surface area contributed by atoms with E-state index < -0.39 is 5.97 Å². The molecule has 1 N–H and O–H groups in total. The highest BCUT2D eigenvalue weighted by molar-refractivity contribution is 6.29. The summed E-state index contributed by atoms with van der Waals surface area (Å²) >= 11 is 0. The maximum atomic E-state index is 13.1. The van der Waals surface area contributed by atoms with Gasteiger partial charge >= 0.3 is 5.97 Å². The van der Waals surface area contributed by atoms with Crippen molar-refractivity contribution in [1.82, 2.24) is 4.98 Å². The molecule has 6 nitrogen and oxygen atoms in total. The Morgan fingerprint density at radius 1 is 1.00 bits per heavy atom. The third kappa shape index (κ3) is 5.32. The summed E-state index contributed by atoms with van der Waals surface area (Å²) < 4.78 is 10.2. The van der Waals surface area contributed by atoms with Gasteiger partial charge in [-0.25, -0.2) is 9.78 Å². The van der Waals surface area contributed by atoms with Crippen LogP contribution in [0.4, 0.5) is 5.82 Å². The predicted molar refractivity (Wildman–Crippen MR) is 116 cm³/mol. The number of hydrogen-bond donors (Lipinski definition) is 1. The molecule has 30 heavy (non-hydrogen) atoms. The molecule has 1 aromatic heterocycles. The van der Waals surface area contributed by atoms with Crippen LogP contribution in [0.3, 0.4) is 0 Å². The number of carbonyl (C=O) groups is 2. The number of amides is 1. The van der Waals surface area contributed by atoms with Crippen molar-refractivity contribution in [2.24, 2.45) is 0 Å². The Kier molecular flexibility index (Phi) is 6.95. The molecule has 0 radical (unpaired) electrons. The smallest absolute Gasteiger partial charge is 0.338 e. The zero-order valence-corrected chi connectivity index (χ0v) is 16.8. The quantitative estimate of drug-likeness (QED) is 0.359. The van der Waals surface area contributed by atoms with Gasteiger partial charge in [-0.2, -0.15) is 0 Å². The van der Waals surface area contributed by atoms with Gasteiger partial charge in [0, 0.05) is 11.8 Å². The van der Waals surface area contributed by atoms with Gasteiger partial charge in [0.05, 0.1) is 19.3 Å². The Labute approximate surface area is 175 Å². The highest BCUT2D eigenvalue weighted by atomic mass is 16.5. The van der Waals surface area contributed by atoms with Crippen molar-refractivity contribution in [3.63, 3.8) is 0 Å². The Balaban J connectivity index is 1.90. The van der Waals surface area contributed by atoms with E-state index >= 15 is 0 Å². The normalized spacial score (nSPS) is 10.9. The van der Waals surface area contributed by atoms with Crippen LogP contribution in [0.25, 0.3) is 11.6 Å². The lowest BCUT2D eigenvalue weighted by molar-refractivity contribution is -0.111. The number of carbonyl (C=O) groups excluding carboxylic acids is 2. The molecule has 152 valence electrons. The first-order chi connectivity index (χ1) is 14.6. The minimum atomic E-state index is -0.465. The molecule has 0 saturated heterocycles. The molecule has 6 heteroatoms. The van der Waals surface area contributed by atoms with Crippen LogP contribution in [0.5, 0.6) is 5.75 Å². The number of nitrogens with zero attached hydrogens (tertiary/aromatic N) is 1. The Bertz CT molecular complexity index is 1040. The maximum Gasteiger partial charge on any atom is 0.338 e. The fourth-order valence-corrected chi connectivity index (χ4v) is 2.79. The summed E-state index contributed by atoms with van der Waals surface area (Å²) in [7, 11) is 1.60. The van der Waals surface area contributed by atoms with Crippen LogP contribution < -0.4 is 10.1 Å². The molecule has 1 heterocycles. The van der Waals surface area contributed by atoms with Crippen LogP contribution in [-0.4, -0.2) is 30.6 Å². The molecule has 0 aliphatic carbocycles. The number of ether oxygens (including phenoxy) is 2. The largest absolute Gasteiger partial charge is 0.497 e. The van der Waals surface area contributed by atoms with E-state index in [0.29, 0.717) is 11.1 Å². The topological polar surface area (TPSA) is 77.5 Å².